The zero-order valence-corrected chi connectivity index (χ0v) is 22.9. The molecule has 0 saturated carbocycles. The van der Waals surface area contributed by atoms with Crippen LogP contribution in [0, 0.1) is 17.8 Å². The van der Waals surface area contributed by atoms with Crippen molar-refractivity contribution in [3.05, 3.63) is 79.5 Å². The number of phenols is 1. The molecule has 0 radical (unpaired) electrons. The third-order valence-electron chi connectivity index (χ3n) is 7.96. The lowest BCUT2D eigenvalue weighted by Crippen LogP contribution is -2.39. The van der Waals surface area contributed by atoms with E-state index in [-0.39, 0.29) is 52.3 Å². The molecule has 7 nitrogen and oxygen atoms in total. The van der Waals surface area contributed by atoms with Crippen molar-refractivity contribution in [2.75, 3.05) is 6.61 Å². The molecule has 0 bridgehead atoms. The van der Waals surface area contributed by atoms with Gasteiger partial charge >= 0.3 is 0 Å². The van der Waals surface area contributed by atoms with Crippen LogP contribution in [0.2, 0.25) is 0 Å². The highest BCUT2D eigenvalue weighted by Gasteiger charge is 2.56. The number of nitrogens with zero attached hydrogens (tertiary/aromatic N) is 1. The summed E-state index contributed by atoms with van der Waals surface area (Å²) in [5, 5.41) is 13.1. The molecule has 1 saturated heterocycles. The molecule has 3 aliphatic carbocycles. The van der Waals surface area contributed by atoms with E-state index in [2.05, 4.69) is 15.9 Å². The fourth-order valence-electron chi connectivity index (χ4n) is 6.39. The Balaban J connectivity index is 1.48. The van der Waals surface area contributed by atoms with Crippen LogP contribution in [0.15, 0.2) is 69.1 Å². The van der Waals surface area contributed by atoms with Crippen LogP contribution < -0.4 is 4.74 Å². The van der Waals surface area contributed by atoms with Gasteiger partial charge in [-0.15, -0.1) is 11.3 Å². The minimum absolute atomic E-state index is 0.100. The first-order chi connectivity index (χ1) is 18.3. The van der Waals surface area contributed by atoms with Crippen molar-refractivity contribution in [1.82, 2.24) is 4.90 Å². The van der Waals surface area contributed by atoms with Gasteiger partial charge in [-0.2, -0.15) is 0 Å². The summed E-state index contributed by atoms with van der Waals surface area (Å²) >= 11 is 4.72. The van der Waals surface area contributed by atoms with E-state index in [4.69, 9.17) is 4.74 Å². The smallest absolute Gasteiger partial charge is 0.234 e. The first-order valence-corrected chi connectivity index (χ1v) is 14.2. The number of carbonyl (C=O) groups excluding carboxylic acids is 4. The molecule has 2 amide bonds. The van der Waals surface area contributed by atoms with Crippen LogP contribution in [-0.4, -0.2) is 40.0 Å². The molecule has 6 rings (SSSR count). The number of likely N-dealkylation sites (tertiary alicyclic amines) is 1. The first kappa shape index (κ1) is 25.0. The van der Waals surface area contributed by atoms with Gasteiger partial charge in [-0.3, -0.25) is 24.1 Å². The Hall–Kier alpha value is -3.30. The number of para-hydroxylation sites is 1. The van der Waals surface area contributed by atoms with Crippen molar-refractivity contribution in [1.29, 1.82) is 0 Å². The summed E-state index contributed by atoms with van der Waals surface area (Å²) in [6, 6.07) is 8.89. The van der Waals surface area contributed by atoms with Crippen molar-refractivity contribution in [3.63, 3.8) is 0 Å². The Morgan fingerprint density at radius 1 is 1.11 bits per heavy atom. The van der Waals surface area contributed by atoms with E-state index in [9.17, 15) is 24.3 Å². The lowest BCUT2D eigenvalue weighted by molar-refractivity contribution is -0.140. The summed E-state index contributed by atoms with van der Waals surface area (Å²) in [6.45, 7) is 2.38. The van der Waals surface area contributed by atoms with Crippen LogP contribution in [-0.2, 0) is 25.7 Å². The number of amides is 2. The lowest BCUT2D eigenvalue weighted by atomic mass is 9.59. The highest BCUT2D eigenvalue weighted by Crippen LogP contribution is 2.57. The molecule has 1 aliphatic heterocycles. The predicted molar refractivity (Wildman–Crippen MR) is 144 cm³/mol. The van der Waals surface area contributed by atoms with Crippen LogP contribution in [0.3, 0.4) is 0 Å². The van der Waals surface area contributed by atoms with E-state index in [1.807, 2.05) is 30.5 Å². The van der Waals surface area contributed by atoms with Crippen molar-refractivity contribution >= 4 is 50.6 Å². The number of rotatable bonds is 5. The molecule has 4 aliphatic rings. The molecule has 194 valence electrons. The number of aromatic hydroxyl groups is 1. The number of ether oxygens (including phenoxy) is 1. The highest BCUT2D eigenvalue weighted by molar-refractivity contribution is 9.12. The molecule has 0 unspecified atom stereocenters. The second kappa shape index (κ2) is 9.47. The van der Waals surface area contributed by atoms with Crippen LogP contribution in [0.5, 0.6) is 11.5 Å². The van der Waals surface area contributed by atoms with Gasteiger partial charge in [-0.1, -0.05) is 29.8 Å². The number of hydrogen-bond acceptors (Lipinski definition) is 7. The van der Waals surface area contributed by atoms with E-state index in [0.29, 0.717) is 29.7 Å². The quantitative estimate of drug-likeness (QED) is 0.303. The maximum atomic E-state index is 13.8. The van der Waals surface area contributed by atoms with E-state index < -0.39 is 23.7 Å². The molecule has 1 aromatic heterocycles. The SMILES string of the molecule is CCOc1cccc([C@H]2C3=CC[C@@H]4C(=O)N(Cc5cccs5)C(=O)[C@@H]4[C@@H]3CC3=C2C(=O)C=C(Br)C3=O)c1O. The maximum absolute atomic E-state index is 13.8. The number of hydrogen-bond donors (Lipinski definition) is 1. The van der Waals surface area contributed by atoms with E-state index in [1.165, 1.54) is 22.3 Å². The van der Waals surface area contributed by atoms with Gasteiger partial charge in [0.1, 0.15) is 0 Å². The highest BCUT2D eigenvalue weighted by atomic mass is 79.9. The number of benzene rings is 1. The molecular formula is C29H24BrNO6S. The minimum atomic E-state index is -0.729. The number of Topliss-reactive ketones (excluding diaryl/α,β-unsaturated/α-hetero) is 1. The van der Waals surface area contributed by atoms with Gasteiger partial charge in [0.2, 0.25) is 11.8 Å². The Morgan fingerprint density at radius 3 is 2.66 bits per heavy atom. The molecule has 1 fully saturated rings. The normalized spacial score (nSPS) is 26.6. The number of phenolic OH excluding ortho intramolecular Hbond substituents is 1. The number of carbonyl (C=O) groups is 4. The number of thiophene rings is 1. The molecular weight excluding hydrogens is 570 g/mol. The van der Waals surface area contributed by atoms with Gasteiger partial charge in [0.05, 0.1) is 29.5 Å². The van der Waals surface area contributed by atoms with Crippen molar-refractivity contribution in [2.45, 2.75) is 32.2 Å². The fourth-order valence-corrected chi connectivity index (χ4v) is 7.53. The van der Waals surface area contributed by atoms with Gasteiger partial charge < -0.3 is 9.84 Å². The zero-order valence-electron chi connectivity index (χ0n) is 20.5. The third kappa shape index (κ3) is 3.74. The zero-order chi connectivity index (χ0) is 26.7. The lowest BCUT2D eigenvalue weighted by Gasteiger charge is -2.42. The van der Waals surface area contributed by atoms with Crippen molar-refractivity contribution < 1.29 is 29.0 Å². The van der Waals surface area contributed by atoms with Crippen molar-refractivity contribution in [2.24, 2.45) is 17.8 Å². The molecule has 1 N–H and O–H groups in total. The predicted octanol–water partition coefficient (Wildman–Crippen LogP) is 4.81. The van der Waals surface area contributed by atoms with Crippen LogP contribution in [0.4, 0.5) is 0 Å². The standard InChI is InChI=1S/C29H24BrNO6S/c1-2-37-22-7-3-6-16(27(22)34)23-15-8-9-17-24(29(36)31(28(17)35)13-14-5-4-10-38-14)18(15)11-19-25(23)21(32)12-20(30)26(19)33/h3-8,10,12,17-18,23-24,34H,2,9,11,13H2,1H3/t17-,18+,23+,24-/m0/s1. The molecule has 2 heterocycles. The largest absolute Gasteiger partial charge is 0.504 e. The van der Waals surface area contributed by atoms with Gasteiger partial charge in [0.25, 0.3) is 0 Å². The summed E-state index contributed by atoms with van der Waals surface area (Å²) in [4.78, 5) is 56.1. The Kier molecular flexibility index (Phi) is 6.23. The average molecular weight is 594 g/mol. The van der Waals surface area contributed by atoms with Gasteiger partial charge in [-0.25, -0.2) is 0 Å². The number of imide groups is 1. The molecule has 1 aromatic carbocycles. The molecule has 9 heteroatoms. The molecule has 4 atom stereocenters. The van der Waals surface area contributed by atoms with Crippen LogP contribution in [0.1, 0.15) is 36.1 Å². The second-order valence-electron chi connectivity index (χ2n) is 9.86. The Bertz CT molecular complexity index is 1490. The topological polar surface area (TPSA) is 101 Å². The molecule has 38 heavy (non-hydrogen) atoms. The second-order valence-corrected chi connectivity index (χ2v) is 11.7. The van der Waals surface area contributed by atoms with Crippen LogP contribution >= 0.6 is 27.3 Å². The van der Waals surface area contributed by atoms with Crippen molar-refractivity contribution in [3.8, 4) is 11.5 Å². The number of ketones is 2. The van der Waals surface area contributed by atoms with E-state index in [0.717, 1.165) is 10.5 Å². The third-order valence-corrected chi connectivity index (χ3v) is 9.41. The summed E-state index contributed by atoms with van der Waals surface area (Å²) in [5.41, 5.74) is 1.88. The fraction of sp³-hybridized carbons (Fsp3) is 0.310. The number of allylic oxidation sites excluding steroid dienone is 6. The van der Waals surface area contributed by atoms with E-state index in [1.54, 1.807) is 18.2 Å². The number of fused-ring (bicyclic) bond motifs is 3. The monoisotopic (exact) mass is 593 g/mol. The Labute approximate surface area is 231 Å². The minimum Gasteiger partial charge on any atom is -0.504 e. The van der Waals surface area contributed by atoms with E-state index >= 15 is 0 Å². The summed E-state index contributed by atoms with van der Waals surface area (Å²) in [5.74, 6) is -3.22. The molecule has 2 aromatic rings. The number of halogens is 1. The van der Waals surface area contributed by atoms with Gasteiger partial charge in [-0.05, 0) is 59.1 Å². The van der Waals surface area contributed by atoms with Gasteiger partial charge in [0.15, 0.2) is 23.1 Å². The Morgan fingerprint density at radius 2 is 1.92 bits per heavy atom. The summed E-state index contributed by atoms with van der Waals surface area (Å²) in [7, 11) is 0. The van der Waals surface area contributed by atoms with Crippen LogP contribution in [0.25, 0.3) is 0 Å². The average Bonchev–Trinajstić information content (AvgIpc) is 3.50. The van der Waals surface area contributed by atoms with Gasteiger partial charge in [0, 0.05) is 33.6 Å². The summed E-state index contributed by atoms with van der Waals surface area (Å²) < 4.78 is 5.78. The summed E-state index contributed by atoms with van der Waals surface area (Å²) in [6.07, 6.45) is 3.76. The first-order valence-electron chi connectivity index (χ1n) is 12.5. The maximum Gasteiger partial charge on any atom is 0.234 e. The molecule has 0 spiro atoms.